The molecule has 5 rings (SSSR count). The van der Waals surface area contributed by atoms with E-state index in [2.05, 4.69) is 11.4 Å². The van der Waals surface area contributed by atoms with E-state index in [1.165, 1.54) is 4.31 Å². The van der Waals surface area contributed by atoms with Crippen molar-refractivity contribution in [1.82, 2.24) is 4.31 Å². The Balaban J connectivity index is 1.41. The highest BCUT2D eigenvalue weighted by Crippen LogP contribution is 2.34. The van der Waals surface area contributed by atoms with Crippen LogP contribution in [0.15, 0.2) is 88.8 Å². The molecule has 0 radical (unpaired) electrons. The first-order valence-electron chi connectivity index (χ1n) is 11.2. The van der Waals surface area contributed by atoms with Crippen molar-refractivity contribution < 1.29 is 13.2 Å². The van der Waals surface area contributed by atoms with Crippen LogP contribution in [0.25, 0.3) is 5.57 Å². The Bertz CT molecular complexity index is 1520. The van der Waals surface area contributed by atoms with Crippen LogP contribution in [0.1, 0.15) is 29.5 Å². The molecule has 7 nitrogen and oxygen atoms in total. The average Bonchev–Trinajstić information content (AvgIpc) is 3.06. The van der Waals surface area contributed by atoms with Gasteiger partial charge in [0.15, 0.2) is 0 Å². The number of amides is 1. The quantitative estimate of drug-likeness (QED) is 0.591. The summed E-state index contributed by atoms with van der Waals surface area (Å²) < 4.78 is 27.3. The van der Waals surface area contributed by atoms with Crippen molar-refractivity contribution in [2.75, 3.05) is 18.4 Å². The second-order valence-corrected chi connectivity index (χ2v) is 10.3. The van der Waals surface area contributed by atoms with E-state index >= 15 is 0 Å². The van der Waals surface area contributed by atoms with Gasteiger partial charge in [-0.3, -0.25) is 9.79 Å². The summed E-state index contributed by atoms with van der Waals surface area (Å²) in [5.74, 6) is -0.181. The molecule has 0 unspecified atom stereocenters. The van der Waals surface area contributed by atoms with Crippen LogP contribution < -0.4 is 5.32 Å². The highest BCUT2D eigenvalue weighted by atomic mass is 32.2. The number of hydrogen-bond donors (Lipinski definition) is 1. The Morgan fingerprint density at radius 1 is 0.971 bits per heavy atom. The summed E-state index contributed by atoms with van der Waals surface area (Å²) in [5.41, 5.74) is 5.05. The lowest BCUT2D eigenvalue weighted by Gasteiger charge is -2.26. The number of fused-ring (bicyclic) bond motifs is 1. The highest BCUT2D eigenvalue weighted by Gasteiger charge is 2.26. The van der Waals surface area contributed by atoms with Crippen molar-refractivity contribution in [3.05, 3.63) is 95.6 Å². The van der Waals surface area contributed by atoms with E-state index in [0.29, 0.717) is 40.5 Å². The molecule has 2 aliphatic heterocycles. The van der Waals surface area contributed by atoms with Crippen LogP contribution in [0.4, 0.5) is 11.4 Å². The lowest BCUT2D eigenvalue weighted by Crippen LogP contribution is -2.34. The predicted octanol–water partition coefficient (Wildman–Crippen LogP) is 4.50. The lowest BCUT2D eigenvalue weighted by atomic mass is 9.99. The van der Waals surface area contributed by atoms with E-state index in [1.807, 2.05) is 30.3 Å². The van der Waals surface area contributed by atoms with Crippen LogP contribution in [0, 0.1) is 11.3 Å². The van der Waals surface area contributed by atoms with Gasteiger partial charge in [0.1, 0.15) is 0 Å². The first kappa shape index (κ1) is 22.7. The molecule has 174 valence electrons. The van der Waals surface area contributed by atoms with Gasteiger partial charge in [0.05, 0.1) is 40.0 Å². The van der Waals surface area contributed by atoms with Gasteiger partial charge in [-0.05, 0) is 59.5 Å². The molecule has 0 saturated carbocycles. The van der Waals surface area contributed by atoms with Crippen molar-refractivity contribution in [2.45, 2.75) is 17.7 Å². The number of rotatable bonds is 4. The van der Waals surface area contributed by atoms with Crippen LogP contribution in [-0.2, 0) is 14.8 Å². The molecule has 0 atom stereocenters. The van der Waals surface area contributed by atoms with Crippen molar-refractivity contribution in [2.24, 2.45) is 4.99 Å². The van der Waals surface area contributed by atoms with Crippen LogP contribution >= 0.6 is 0 Å². The van der Waals surface area contributed by atoms with Crippen molar-refractivity contribution >= 4 is 38.6 Å². The zero-order chi connectivity index (χ0) is 24.4. The number of anilines is 1. The number of carbonyl (C=O) groups is 1. The molecule has 2 heterocycles. The monoisotopic (exact) mass is 482 g/mol. The summed E-state index contributed by atoms with van der Waals surface area (Å²) in [7, 11) is -3.54. The molecule has 35 heavy (non-hydrogen) atoms. The molecule has 0 fully saturated rings. The van der Waals surface area contributed by atoms with Crippen LogP contribution in [0.2, 0.25) is 0 Å². The minimum absolute atomic E-state index is 0.105. The van der Waals surface area contributed by atoms with E-state index in [1.54, 1.807) is 48.5 Å². The largest absolute Gasteiger partial charge is 0.324 e. The summed E-state index contributed by atoms with van der Waals surface area (Å²) >= 11 is 0. The number of nitrogens with zero attached hydrogens (tertiary/aromatic N) is 3. The Kier molecular flexibility index (Phi) is 6.03. The number of sulfonamides is 1. The van der Waals surface area contributed by atoms with Gasteiger partial charge < -0.3 is 5.32 Å². The molecular weight excluding hydrogens is 460 g/mol. The molecule has 0 aromatic heterocycles. The smallest absolute Gasteiger partial charge is 0.243 e. The molecule has 0 aliphatic carbocycles. The number of benzene rings is 3. The molecule has 3 aromatic carbocycles. The normalized spacial score (nSPS) is 16.3. The zero-order valence-corrected chi connectivity index (χ0v) is 19.6. The maximum absolute atomic E-state index is 12.9. The third kappa shape index (κ3) is 4.64. The molecule has 3 aromatic rings. The summed E-state index contributed by atoms with van der Waals surface area (Å²) in [6, 6.07) is 23.3. The van der Waals surface area contributed by atoms with Gasteiger partial charge in [0.25, 0.3) is 0 Å². The summed E-state index contributed by atoms with van der Waals surface area (Å²) in [6.07, 6.45) is 2.59. The van der Waals surface area contributed by atoms with Crippen LogP contribution in [0.3, 0.4) is 0 Å². The van der Waals surface area contributed by atoms with Gasteiger partial charge in [-0.1, -0.05) is 42.5 Å². The Morgan fingerprint density at radius 2 is 1.80 bits per heavy atom. The molecule has 0 bridgehead atoms. The fraction of sp³-hybridized carbons (Fsp3) is 0.148. The first-order chi connectivity index (χ1) is 16.9. The number of aliphatic imine (C=N–C) groups is 1. The molecule has 0 saturated heterocycles. The Hall–Kier alpha value is -4.06. The van der Waals surface area contributed by atoms with Gasteiger partial charge in [-0.15, -0.1) is 0 Å². The van der Waals surface area contributed by atoms with Gasteiger partial charge in [-0.25, -0.2) is 8.42 Å². The molecule has 2 aliphatic rings. The Morgan fingerprint density at radius 3 is 2.54 bits per heavy atom. The van der Waals surface area contributed by atoms with E-state index < -0.39 is 10.0 Å². The third-order valence-corrected chi connectivity index (χ3v) is 7.98. The summed E-state index contributed by atoms with van der Waals surface area (Å²) in [5, 5.41) is 12.1. The van der Waals surface area contributed by atoms with Crippen LogP contribution in [0.5, 0.6) is 0 Å². The van der Waals surface area contributed by atoms with E-state index in [0.717, 1.165) is 16.7 Å². The number of nitrogens with one attached hydrogen (secondary N) is 1. The zero-order valence-electron chi connectivity index (χ0n) is 18.8. The summed E-state index contributed by atoms with van der Waals surface area (Å²) in [4.78, 5) is 17.6. The van der Waals surface area contributed by atoms with Gasteiger partial charge in [0.2, 0.25) is 15.9 Å². The molecule has 1 N–H and O–H groups in total. The molecule has 0 spiro atoms. The molecular formula is C27H22N4O3S. The van der Waals surface area contributed by atoms with Gasteiger partial charge in [-0.2, -0.15) is 9.57 Å². The summed E-state index contributed by atoms with van der Waals surface area (Å²) in [6.45, 7) is 0.664. The fourth-order valence-electron chi connectivity index (χ4n) is 4.27. The standard InChI is InChI=1S/C27H22N4O3S/c28-18-19-5-4-6-22(15-19)25-17-27(32)30-26-16-21(9-10-24(26)29-25)20-11-13-31(14-12-20)35(33,34)23-7-2-1-3-8-23/h1-11,15-16H,12-14,17H2,(H,30,32). The number of nitriles is 1. The van der Waals surface area contributed by atoms with Crippen molar-refractivity contribution in [3.63, 3.8) is 0 Å². The SMILES string of the molecule is N#Cc1cccc(C2=Nc3ccc(C4=CCN(S(=O)(=O)c5ccccc5)CC4)cc3NC(=O)C2)c1. The topological polar surface area (TPSA) is 103 Å². The second kappa shape index (κ2) is 9.29. The third-order valence-electron chi connectivity index (χ3n) is 6.10. The minimum atomic E-state index is -3.54. The van der Waals surface area contributed by atoms with E-state index in [9.17, 15) is 18.5 Å². The number of hydrogen-bond acceptors (Lipinski definition) is 5. The second-order valence-electron chi connectivity index (χ2n) is 8.36. The number of carbonyl (C=O) groups excluding carboxylic acids is 1. The minimum Gasteiger partial charge on any atom is -0.324 e. The van der Waals surface area contributed by atoms with Crippen LogP contribution in [-0.4, -0.2) is 37.4 Å². The van der Waals surface area contributed by atoms with Crippen molar-refractivity contribution in [1.29, 1.82) is 5.26 Å². The van der Waals surface area contributed by atoms with Gasteiger partial charge in [0, 0.05) is 13.1 Å². The van der Waals surface area contributed by atoms with E-state index in [4.69, 9.17) is 4.99 Å². The first-order valence-corrected chi connectivity index (χ1v) is 12.6. The highest BCUT2D eigenvalue weighted by molar-refractivity contribution is 7.89. The van der Waals surface area contributed by atoms with Crippen molar-refractivity contribution in [3.8, 4) is 6.07 Å². The molecule has 8 heteroatoms. The maximum Gasteiger partial charge on any atom is 0.243 e. The predicted molar refractivity (Wildman–Crippen MR) is 135 cm³/mol. The fourth-order valence-corrected chi connectivity index (χ4v) is 5.67. The Labute approximate surface area is 204 Å². The lowest BCUT2D eigenvalue weighted by molar-refractivity contribution is -0.115. The molecule has 1 amide bonds. The maximum atomic E-state index is 12.9. The van der Waals surface area contributed by atoms with Gasteiger partial charge >= 0.3 is 0 Å². The average molecular weight is 483 g/mol. The van der Waals surface area contributed by atoms with E-state index in [-0.39, 0.29) is 18.9 Å².